The molecule has 0 heterocycles. The van der Waals surface area contributed by atoms with Crippen LogP contribution < -0.4 is 14.4 Å². The summed E-state index contributed by atoms with van der Waals surface area (Å²) in [6.07, 6.45) is 0.960. The first kappa shape index (κ1) is 23.1. The highest BCUT2D eigenvalue weighted by molar-refractivity contribution is 7.92. The van der Waals surface area contributed by atoms with E-state index in [-0.39, 0.29) is 11.4 Å². The number of methoxy groups -OCH3 is 1. The van der Waals surface area contributed by atoms with Crippen molar-refractivity contribution >= 4 is 27.3 Å². The summed E-state index contributed by atoms with van der Waals surface area (Å²) in [5.74, 6) is 0.143. The van der Waals surface area contributed by atoms with Crippen LogP contribution in [0.25, 0.3) is 0 Å². The predicted molar refractivity (Wildman–Crippen MR) is 114 cm³/mol. The number of carbonyl (C=O) groups excluding carboxylic acids is 1. The molecule has 0 radical (unpaired) electrons. The summed E-state index contributed by atoms with van der Waals surface area (Å²) in [5.41, 5.74) is 1.14. The second-order valence-electron chi connectivity index (χ2n) is 6.97. The first-order chi connectivity index (χ1) is 14.0. The molecule has 1 amide bonds. The quantitative estimate of drug-likeness (QED) is 0.503. The average Bonchev–Trinajstić information content (AvgIpc) is 2.68. The van der Waals surface area contributed by atoms with E-state index in [1.165, 1.54) is 19.1 Å². The lowest BCUT2D eigenvalue weighted by Crippen LogP contribution is -2.48. The van der Waals surface area contributed by atoms with Crippen LogP contribution in [0, 0.1) is 17.0 Å². The highest BCUT2D eigenvalue weighted by Gasteiger charge is 2.31. The van der Waals surface area contributed by atoms with Crippen molar-refractivity contribution in [2.45, 2.75) is 32.9 Å². The Morgan fingerprint density at radius 2 is 1.77 bits per heavy atom. The van der Waals surface area contributed by atoms with Crippen molar-refractivity contribution in [3.63, 3.8) is 0 Å². The van der Waals surface area contributed by atoms with E-state index in [1.807, 2.05) is 0 Å². The number of anilines is 1. The van der Waals surface area contributed by atoms with Crippen molar-refractivity contribution in [1.82, 2.24) is 5.32 Å². The summed E-state index contributed by atoms with van der Waals surface area (Å²) < 4.78 is 31.0. The molecule has 0 unspecified atom stereocenters. The highest BCUT2D eigenvalue weighted by atomic mass is 32.2. The molecule has 2 rings (SSSR count). The first-order valence-corrected chi connectivity index (χ1v) is 11.0. The molecule has 0 aliphatic rings. The molecule has 162 valence electrons. The summed E-state index contributed by atoms with van der Waals surface area (Å²) >= 11 is 0. The van der Waals surface area contributed by atoms with E-state index in [2.05, 4.69) is 5.32 Å². The predicted octanol–water partition coefficient (Wildman–Crippen LogP) is 2.94. The molecular formula is C20H25N3O6S. The zero-order valence-corrected chi connectivity index (χ0v) is 18.3. The van der Waals surface area contributed by atoms with Crippen LogP contribution in [-0.4, -0.2) is 38.7 Å². The number of sulfonamides is 1. The summed E-state index contributed by atoms with van der Waals surface area (Å²) in [7, 11) is -2.35. The maximum absolute atomic E-state index is 12.9. The number of non-ortho nitro benzene ring substituents is 1. The van der Waals surface area contributed by atoms with Crippen LogP contribution in [0.1, 0.15) is 31.0 Å². The van der Waals surface area contributed by atoms with Gasteiger partial charge in [0.05, 0.1) is 30.0 Å². The minimum absolute atomic E-state index is 0.0893. The maximum Gasteiger partial charge on any atom is 0.271 e. The van der Waals surface area contributed by atoms with Crippen LogP contribution in [0.15, 0.2) is 42.5 Å². The van der Waals surface area contributed by atoms with Crippen LogP contribution in [0.4, 0.5) is 11.4 Å². The van der Waals surface area contributed by atoms with Gasteiger partial charge >= 0.3 is 0 Å². The van der Waals surface area contributed by atoms with E-state index in [4.69, 9.17) is 4.74 Å². The maximum atomic E-state index is 12.9. The number of rotatable bonds is 8. The molecule has 0 saturated carbocycles. The van der Waals surface area contributed by atoms with Gasteiger partial charge in [0.25, 0.3) is 5.69 Å². The zero-order chi connectivity index (χ0) is 22.6. The Morgan fingerprint density at radius 1 is 1.17 bits per heavy atom. The lowest BCUT2D eigenvalue weighted by molar-refractivity contribution is -0.384. The monoisotopic (exact) mass is 435 g/mol. The van der Waals surface area contributed by atoms with E-state index >= 15 is 0 Å². The Labute approximate surface area is 175 Å². The van der Waals surface area contributed by atoms with Gasteiger partial charge in [-0.1, -0.05) is 18.2 Å². The highest BCUT2D eigenvalue weighted by Crippen LogP contribution is 2.29. The van der Waals surface area contributed by atoms with Crippen LogP contribution in [-0.2, 0) is 14.8 Å². The standard InChI is InChI=1S/C20H25N3O6S/c1-13-6-9-17(23(25)26)12-19(13)22(30(5,27)28)15(3)20(24)21-14(2)16-7-10-18(29-4)11-8-16/h6-12,14-15H,1-5H3,(H,21,24)/t14-,15-/m1/s1. The molecule has 2 aromatic carbocycles. The molecule has 10 heteroatoms. The Kier molecular flexibility index (Phi) is 7.04. The lowest BCUT2D eigenvalue weighted by Gasteiger charge is -2.30. The lowest BCUT2D eigenvalue weighted by atomic mass is 10.1. The van der Waals surface area contributed by atoms with Crippen LogP contribution in [0.5, 0.6) is 5.75 Å². The fourth-order valence-corrected chi connectivity index (χ4v) is 4.26. The van der Waals surface area contributed by atoms with Crippen molar-refractivity contribution in [2.24, 2.45) is 0 Å². The smallest absolute Gasteiger partial charge is 0.271 e. The van der Waals surface area contributed by atoms with Gasteiger partial charge in [-0.3, -0.25) is 19.2 Å². The molecule has 0 aliphatic carbocycles. The molecule has 2 aromatic rings. The van der Waals surface area contributed by atoms with Crippen LogP contribution in [0.2, 0.25) is 0 Å². The number of hydrogen-bond acceptors (Lipinski definition) is 6. The average molecular weight is 436 g/mol. The summed E-state index contributed by atoms with van der Waals surface area (Å²) in [6, 6.07) is 9.51. The fourth-order valence-electron chi connectivity index (χ4n) is 3.04. The molecule has 0 saturated heterocycles. The molecule has 0 aliphatic heterocycles. The second-order valence-corrected chi connectivity index (χ2v) is 8.83. The van der Waals surface area contributed by atoms with E-state index < -0.39 is 32.9 Å². The number of nitro benzene ring substituents is 1. The third-order valence-corrected chi connectivity index (χ3v) is 5.93. The van der Waals surface area contributed by atoms with Gasteiger partial charge in [-0.05, 0) is 44.0 Å². The molecule has 0 fully saturated rings. The number of amides is 1. The van der Waals surface area contributed by atoms with Crippen molar-refractivity contribution in [3.8, 4) is 5.75 Å². The fraction of sp³-hybridized carbons (Fsp3) is 0.350. The van der Waals surface area contributed by atoms with Crippen molar-refractivity contribution in [3.05, 3.63) is 63.7 Å². The van der Waals surface area contributed by atoms with Crippen LogP contribution >= 0.6 is 0 Å². The van der Waals surface area contributed by atoms with Crippen molar-refractivity contribution in [1.29, 1.82) is 0 Å². The second kappa shape index (κ2) is 9.12. The van der Waals surface area contributed by atoms with Crippen LogP contribution in [0.3, 0.4) is 0 Å². The van der Waals surface area contributed by atoms with Gasteiger partial charge in [0.15, 0.2) is 0 Å². The number of nitro groups is 1. The number of benzene rings is 2. The number of carbonyl (C=O) groups is 1. The third kappa shape index (κ3) is 5.26. The number of nitrogens with one attached hydrogen (secondary N) is 1. The molecular weight excluding hydrogens is 410 g/mol. The van der Waals surface area contributed by atoms with Gasteiger partial charge in [0, 0.05) is 12.1 Å². The topological polar surface area (TPSA) is 119 Å². The molecule has 0 spiro atoms. The molecule has 1 N–H and O–H groups in total. The third-order valence-electron chi connectivity index (χ3n) is 4.70. The van der Waals surface area contributed by atoms with E-state index in [0.717, 1.165) is 22.2 Å². The molecule has 30 heavy (non-hydrogen) atoms. The number of aryl methyl sites for hydroxylation is 1. The molecule has 0 aromatic heterocycles. The molecule has 0 bridgehead atoms. The van der Waals surface area contributed by atoms with Crippen molar-refractivity contribution < 1.29 is 22.9 Å². The minimum Gasteiger partial charge on any atom is -0.497 e. The van der Waals surface area contributed by atoms with Gasteiger partial charge in [0.1, 0.15) is 11.8 Å². The number of nitrogens with zero attached hydrogens (tertiary/aromatic N) is 2. The Balaban J connectivity index is 2.33. The van der Waals surface area contributed by atoms with Gasteiger partial charge in [-0.2, -0.15) is 0 Å². The zero-order valence-electron chi connectivity index (χ0n) is 17.4. The number of ether oxygens (including phenoxy) is 1. The summed E-state index contributed by atoms with van der Waals surface area (Å²) in [4.78, 5) is 23.4. The van der Waals surface area contributed by atoms with E-state index in [0.29, 0.717) is 11.3 Å². The normalized spacial score (nSPS) is 13.2. The Bertz CT molecular complexity index is 1040. The van der Waals surface area contributed by atoms with E-state index in [9.17, 15) is 23.3 Å². The van der Waals surface area contributed by atoms with Gasteiger partial charge in [0.2, 0.25) is 15.9 Å². The minimum atomic E-state index is -3.90. The van der Waals surface area contributed by atoms with Gasteiger partial charge in [-0.15, -0.1) is 0 Å². The van der Waals surface area contributed by atoms with Gasteiger partial charge in [-0.25, -0.2) is 8.42 Å². The Morgan fingerprint density at radius 3 is 2.27 bits per heavy atom. The summed E-state index contributed by atoms with van der Waals surface area (Å²) in [5, 5.41) is 13.9. The van der Waals surface area contributed by atoms with E-state index in [1.54, 1.807) is 45.2 Å². The van der Waals surface area contributed by atoms with Crippen molar-refractivity contribution in [2.75, 3.05) is 17.7 Å². The SMILES string of the molecule is COc1ccc([C@@H](C)NC(=O)[C@@H](C)N(c2cc([N+](=O)[O-])ccc2C)S(C)(=O)=O)cc1. The number of hydrogen-bond donors (Lipinski definition) is 1. The Hall–Kier alpha value is -3.14. The van der Waals surface area contributed by atoms with Gasteiger partial charge < -0.3 is 10.1 Å². The first-order valence-electron chi connectivity index (χ1n) is 9.14. The molecule has 2 atom stereocenters. The summed E-state index contributed by atoms with van der Waals surface area (Å²) in [6.45, 7) is 4.84. The largest absolute Gasteiger partial charge is 0.497 e. The molecule has 9 nitrogen and oxygen atoms in total.